The molecule has 0 bridgehead atoms. The predicted molar refractivity (Wildman–Crippen MR) is 111 cm³/mol. The van der Waals surface area contributed by atoms with E-state index in [2.05, 4.69) is 25.6 Å². The van der Waals surface area contributed by atoms with Gasteiger partial charge in [0, 0.05) is 10.7 Å². The minimum Gasteiger partial charge on any atom is -0.324 e. The van der Waals surface area contributed by atoms with Gasteiger partial charge in [0.2, 0.25) is 16.0 Å². The standard InChI is InChI=1S/C17H12ClFN6O2S2/c18-9-1-6-13-14(7-9)28-17(23-13)25-15-12(19)8-21-16(24-15)22-10-2-4-11(5-3-10)29(20,26)27/h1-8H,(H2,20,26,27)(H2,21,22,23,24,25). The third-order valence-electron chi connectivity index (χ3n) is 3.76. The van der Waals surface area contributed by atoms with E-state index in [1.807, 2.05) is 0 Å². The van der Waals surface area contributed by atoms with E-state index in [1.54, 1.807) is 18.2 Å². The smallest absolute Gasteiger partial charge is 0.238 e. The monoisotopic (exact) mass is 450 g/mol. The summed E-state index contributed by atoms with van der Waals surface area (Å²) < 4.78 is 37.6. The van der Waals surface area contributed by atoms with Crippen LogP contribution < -0.4 is 15.8 Å². The normalized spacial score (nSPS) is 11.6. The van der Waals surface area contributed by atoms with Crippen LogP contribution in [0.5, 0.6) is 0 Å². The van der Waals surface area contributed by atoms with Crippen LogP contribution in [0, 0.1) is 5.82 Å². The first-order valence-corrected chi connectivity index (χ1v) is 10.8. The molecule has 0 aliphatic heterocycles. The number of nitrogens with two attached hydrogens (primary N) is 1. The zero-order valence-electron chi connectivity index (χ0n) is 14.4. The molecule has 4 aromatic rings. The molecule has 0 spiro atoms. The third-order valence-corrected chi connectivity index (χ3v) is 5.86. The lowest BCUT2D eigenvalue weighted by Gasteiger charge is -2.08. The summed E-state index contributed by atoms with van der Waals surface area (Å²) in [4.78, 5) is 12.3. The highest BCUT2D eigenvalue weighted by Gasteiger charge is 2.12. The molecule has 0 atom stereocenters. The topological polar surface area (TPSA) is 123 Å². The van der Waals surface area contributed by atoms with Crippen LogP contribution in [0.15, 0.2) is 53.6 Å². The number of benzene rings is 2. The van der Waals surface area contributed by atoms with Crippen molar-refractivity contribution in [2.75, 3.05) is 10.6 Å². The molecule has 4 N–H and O–H groups in total. The number of sulfonamides is 1. The van der Waals surface area contributed by atoms with E-state index >= 15 is 0 Å². The van der Waals surface area contributed by atoms with Gasteiger partial charge in [0.05, 0.1) is 21.3 Å². The Balaban J connectivity index is 1.57. The van der Waals surface area contributed by atoms with Crippen LogP contribution in [0.3, 0.4) is 0 Å². The van der Waals surface area contributed by atoms with Gasteiger partial charge in [-0.15, -0.1) is 0 Å². The second-order valence-electron chi connectivity index (χ2n) is 5.84. The number of halogens is 2. The molecule has 12 heteroatoms. The summed E-state index contributed by atoms with van der Waals surface area (Å²) in [5, 5.41) is 11.8. The molecule has 0 amide bonds. The van der Waals surface area contributed by atoms with E-state index in [4.69, 9.17) is 16.7 Å². The number of primary sulfonamides is 1. The fraction of sp³-hybridized carbons (Fsp3) is 0. The lowest BCUT2D eigenvalue weighted by Crippen LogP contribution is -2.11. The summed E-state index contributed by atoms with van der Waals surface area (Å²) >= 11 is 7.28. The van der Waals surface area contributed by atoms with Gasteiger partial charge in [-0.1, -0.05) is 22.9 Å². The number of rotatable bonds is 5. The van der Waals surface area contributed by atoms with E-state index < -0.39 is 15.8 Å². The number of hydrogen-bond acceptors (Lipinski definition) is 8. The van der Waals surface area contributed by atoms with Crippen LogP contribution in [0.2, 0.25) is 5.02 Å². The Morgan fingerprint density at radius 2 is 1.83 bits per heavy atom. The van der Waals surface area contributed by atoms with Gasteiger partial charge in [-0.2, -0.15) is 4.98 Å². The summed E-state index contributed by atoms with van der Waals surface area (Å²) in [6, 6.07) is 10.9. The van der Waals surface area contributed by atoms with Crippen molar-refractivity contribution in [1.82, 2.24) is 15.0 Å². The highest BCUT2D eigenvalue weighted by atomic mass is 35.5. The molecule has 2 heterocycles. The largest absolute Gasteiger partial charge is 0.324 e. The summed E-state index contributed by atoms with van der Waals surface area (Å²) in [5.74, 6) is -0.604. The van der Waals surface area contributed by atoms with Gasteiger partial charge in [-0.3, -0.25) is 0 Å². The van der Waals surface area contributed by atoms with E-state index in [0.717, 1.165) is 16.4 Å². The van der Waals surface area contributed by atoms with Crippen molar-refractivity contribution in [2.45, 2.75) is 4.90 Å². The first-order chi connectivity index (χ1) is 13.8. The van der Waals surface area contributed by atoms with Gasteiger partial charge in [-0.05, 0) is 42.5 Å². The summed E-state index contributed by atoms with van der Waals surface area (Å²) in [6.07, 6.45) is 1.01. The summed E-state index contributed by atoms with van der Waals surface area (Å²) in [6.45, 7) is 0. The Labute approximate surface area is 173 Å². The fourth-order valence-electron chi connectivity index (χ4n) is 2.43. The van der Waals surface area contributed by atoms with Crippen molar-refractivity contribution in [3.63, 3.8) is 0 Å². The number of anilines is 4. The lowest BCUT2D eigenvalue weighted by molar-refractivity contribution is 0.598. The van der Waals surface area contributed by atoms with Crippen molar-refractivity contribution in [1.29, 1.82) is 0 Å². The SMILES string of the molecule is NS(=O)(=O)c1ccc(Nc2ncc(F)c(Nc3nc4ccc(Cl)cc4s3)n2)cc1. The first-order valence-electron chi connectivity index (χ1n) is 8.03. The number of nitrogens with one attached hydrogen (secondary N) is 2. The Morgan fingerprint density at radius 1 is 1.07 bits per heavy atom. The van der Waals surface area contributed by atoms with Crippen LogP contribution in [0.1, 0.15) is 0 Å². The molecule has 29 heavy (non-hydrogen) atoms. The molecule has 2 aromatic carbocycles. The molecule has 0 fully saturated rings. The Morgan fingerprint density at radius 3 is 2.55 bits per heavy atom. The predicted octanol–water partition coefficient (Wildman–Crippen LogP) is 4.01. The number of aromatic nitrogens is 3. The van der Waals surface area contributed by atoms with Gasteiger partial charge in [0.25, 0.3) is 0 Å². The molecule has 0 saturated carbocycles. The maximum Gasteiger partial charge on any atom is 0.238 e. The third kappa shape index (κ3) is 4.43. The molecule has 148 valence electrons. The van der Waals surface area contributed by atoms with Crippen LogP contribution in [-0.4, -0.2) is 23.4 Å². The maximum atomic E-state index is 14.2. The molecular weight excluding hydrogens is 439 g/mol. The van der Waals surface area contributed by atoms with E-state index in [1.165, 1.54) is 35.6 Å². The first kappa shape index (κ1) is 19.5. The molecule has 4 rings (SSSR count). The maximum absolute atomic E-state index is 14.2. The van der Waals surface area contributed by atoms with Gasteiger partial charge in [0.1, 0.15) is 0 Å². The minimum absolute atomic E-state index is 0.0265. The molecular formula is C17H12ClFN6O2S2. The van der Waals surface area contributed by atoms with E-state index in [-0.39, 0.29) is 16.7 Å². The Kier molecular flexibility index (Phi) is 5.04. The summed E-state index contributed by atoms with van der Waals surface area (Å²) in [5.41, 5.74) is 1.23. The van der Waals surface area contributed by atoms with E-state index in [9.17, 15) is 12.8 Å². The molecule has 0 radical (unpaired) electrons. The van der Waals surface area contributed by atoms with Crippen molar-refractivity contribution in [2.24, 2.45) is 5.14 Å². The van der Waals surface area contributed by atoms with Gasteiger partial charge in [0.15, 0.2) is 16.8 Å². The fourth-order valence-corrected chi connectivity index (χ4v) is 4.08. The lowest BCUT2D eigenvalue weighted by atomic mass is 10.3. The van der Waals surface area contributed by atoms with Crippen LogP contribution >= 0.6 is 22.9 Å². The van der Waals surface area contributed by atoms with Crippen molar-refractivity contribution in [3.05, 3.63) is 59.5 Å². The molecule has 8 nitrogen and oxygen atoms in total. The Hall–Kier alpha value is -2.86. The van der Waals surface area contributed by atoms with Crippen molar-refractivity contribution < 1.29 is 12.8 Å². The zero-order chi connectivity index (χ0) is 20.6. The quantitative estimate of drug-likeness (QED) is 0.419. The van der Waals surface area contributed by atoms with Crippen molar-refractivity contribution in [3.8, 4) is 0 Å². The molecule has 0 unspecified atom stereocenters. The van der Waals surface area contributed by atoms with Crippen LogP contribution in [0.25, 0.3) is 10.2 Å². The van der Waals surface area contributed by atoms with Crippen LogP contribution in [0.4, 0.5) is 27.0 Å². The zero-order valence-corrected chi connectivity index (χ0v) is 16.8. The van der Waals surface area contributed by atoms with E-state index in [0.29, 0.717) is 15.8 Å². The number of thiazole rings is 1. The summed E-state index contributed by atoms with van der Waals surface area (Å²) in [7, 11) is -3.79. The van der Waals surface area contributed by atoms with Gasteiger partial charge in [-0.25, -0.2) is 27.9 Å². The average Bonchev–Trinajstić information content (AvgIpc) is 3.05. The minimum atomic E-state index is -3.79. The van der Waals surface area contributed by atoms with Gasteiger partial charge < -0.3 is 10.6 Å². The van der Waals surface area contributed by atoms with Gasteiger partial charge >= 0.3 is 0 Å². The second kappa shape index (κ2) is 7.52. The van der Waals surface area contributed by atoms with Crippen molar-refractivity contribution >= 4 is 65.8 Å². The Bertz CT molecular complexity index is 1310. The van der Waals surface area contributed by atoms with Crippen LogP contribution in [-0.2, 0) is 10.0 Å². The molecule has 0 aliphatic rings. The average molecular weight is 451 g/mol. The second-order valence-corrected chi connectivity index (χ2v) is 8.87. The molecule has 2 aromatic heterocycles. The highest BCUT2D eigenvalue weighted by Crippen LogP contribution is 2.30. The molecule has 0 saturated heterocycles. The highest BCUT2D eigenvalue weighted by molar-refractivity contribution is 7.89. The number of fused-ring (bicyclic) bond motifs is 1. The number of hydrogen-bond donors (Lipinski definition) is 3. The molecule has 0 aliphatic carbocycles. The number of nitrogens with zero attached hydrogens (tertiary/aromatic N) is 3.